The van der Waals surface area contributed by atoms with Gasteiger partial charge in [0.2, 0.25) is 0 Å². The lowest BCUT2D eigenvalue weighted by Crippen LogP contribution is -2.36. The van der Waals surface area contributed by atoms with Gasteiger partial charge in [-0.05, 0) is 63.0 Å². The zero-order valence-corrected chi connectivity index (χ0v) is 15.4. The van der Waals surface area contributed by atoms with Crippen LogP contribution < -0.4 is 5.32 Å². The number of hydrogen-bond donors (Lipinski definition) is 1. The fourth-order valence-electron chi connectivity index (χ4n) is 3.50. The Morgan fingerprint density at radius 3 is 2.69 bits per heavy atom. The number of carbonyl (C=O) groups is 1. The van der Waals surface area contributed by atoms with Gasteiger partial charge in [-0.3, -0.25) is 4.79 Å². The zero-order chi connectivity index (χ0) is 18.2. The smallest absolute Gasteiger partial charge is 0.300 e. The van der Waals surface area contributed by atoms with Crippen LogP contribution in [0.25, 0.3) is 0 Å². The molecule has 1 unspecified atom stereocenters. The average molecular weight is 346 g/mol. The normalized spacial score (nSPS) is 17.2. The molecule has 1 aliphatic heterocycles. The van der Waals surface area contributed by atoms with Crippen LogP contribution in [0.4, 0.5) is 5.69 Å². The van der Waals surface area contributed by atoms with Gasteiger partial charge in [0.1, 0.15) is 0 Å². The first-order valence-corrected chi connectivity index (χ1v) is 9.38. The first-order valence-electron chi connectivity index (χ1n) is 9.38. The van der Waals surface area contributed by atoms with Crippen LogP contribution in [0, 0.1) is 11.8 Å². The number of anilines is 1. The summed E-state index contributed by atoms with van der Waals surface area (Å²) in [6, 6.07) is 18.3. The minimum atomic E-state index is -0.268. The third-order valence-electron chi connectivity index (χ3n) is 5.03. The summed E-state index contributed by atoms with van der Waals surface area (Å²) in [6.45, 7) is 1.19. The lowest BCUT2D eigenvalue weighted by atomic mass is 9.96. The third-order valence-corrected chi connectivity index (χ3v) is 5.03. The molecule has 3 rings (SSSR count). The van der Waals surface area contributed by atoms with E-state index in [2.05, 4.69) is 35.2 Å². The van der Waals surface area contributed by atoms with Crippen molar-refractivity contribution in [2.24, 2.45) is 0 Å². The minimum absolute atomic E-state index is 0.268. The van der Waals surface area contributed by atoms with Gasteiger partial charge in [0.15, 0.2) is 0 Å². The molecule has 1 aliphatic rings. The Kier molecular flexibility index (Phi) is 6.46. The van der Waals surface area contributed by atoms with Crippen molar-refractivity contribution in [1.82, 2.24) is 4.90 Å². The van der Waals surface area contributed by atoms with Crippen molar-refractivity contribution in [3.8, 4) is 11.8 Å². The summed E-state index contributed by atoms with van der Waals surface area (Å²) in [5.41, 5.74) is 2.90. The highest BCUT2D eigenvalue weighted by Crippen LogP contribution is 2.22. The molecule has 2 aromatic carbocycles. The summed E-state index contributed by atoms with van der Waals surface area (Å²) >= 11 is 0. The van der Waals surface area contributed by atoms with E-state index in [9.17, 15) is 4.79 Å². The van der Waals surface area contributed by atoms with Crippen LogP contribution in [0.15, 0.2) is 54.6 Å². The van der Waals surface area contributed by atoms with Crippen LogP contribution >= 0.6 is 0 Å². The van der Waals surface area contributed by atoms with E-state index in [1.54, 1.807) is 0 Å². The largest absolute Gasteiger partial charge is 0.315 e. The number of aryl methyl sites for hydroxylation is 1. The van der Waals surface area contributed by atoms with E-state index in [0.29, 0.717) is 6.04 Å². The van der Waals surface area contributed by atoms with Gasteiger partial charge in [0.25, 0.3) is 0 Å². The van der Waals surface area contributed by atoms with Gasteiger partial charge in [-0.2, -0.15) is 0 Å². The van der Waals surface area contributed by atoms with Gasteiger partial charge in [-0.1, -0.05) is 48.7 Å². The zero-order valence-electron chi connectivity index (χ0n) is 15.4. The van der Waals surface area contributed by atoms with Crippen LogP contribution in [0.3, 0.4) is 0 Å². The summed E-state index contributed by atoms with van der Waals surface area (Å²) in [5, 5.41) is 2.95. The van der Waals surface area contributed by atoms with E-state index in [0.717, 1.165) is 24.1 Å². The molecule has 0 aromatic heterocycles. The van der Waals surface area contributed by atoms with Crippen LogP contribution in [0.1, 0.15) is 36.8 Å². The van der Waals surface area contributed by atoms with Gasteiger partial charge in [-0.15, -0.1) is 0 Å². The van der Waals surface area contributed by atoms with Crippen molar-refractivity contribution in [1.29, 1.82) is 0 Å². The lowest BCUT2D eigenvalue weighted by molar-refractivity contribution is -0.111. The molecule has 1 heterocycles. The van der Waals surface area contributed by atoms with Crippen LogP contribution in [0.2, 0.25) is 0 Å². The van der Waals surface area contributed by atoms with E-state index in [1.807, 2.05) is 48.5 Å². The van der Waals surface area contributed by atoms with E-state index >= 15 is 0 Å². The first kappa shape index (κ1) is 18.2. The molecule has 0 radical (unpaired) electrons. The molecule has 3 heteroatoms. The van der Waals surface area contributed by atoms with Gasteiger partial charge in [0, 0.05) is 23.2 Å². The molecular weight excluding hydrogens is 320 g/mol. The fraction of sp³-hybridized carbons (Fsp3) is 0.348. The monoisotopic (exact) mass is 346 g/mol. The van der Waals surface area contributed by atoms with Crippen molar-refractivity contribution in [3.05, 3.63) is 65.7 Å². The number of carbonyl (C=O) groups excluding carboxylic acids is 1. The van der Waals surface area contributed by atoms with Crippen LogP contribution in [-0.2, 0) is 11.2 Å². The second-order valence-electron chi connectivity index (χ2n) is 6.90. The number of likely N-dealkylation sites (tertiary alicyclic amines) is 1. The third kappa shape index (κ3) is 5.21. The summed E-state index contributed by atoms with van der Waals surface area (Å²) in [5.74, 6) is 5.32. The molecule has 0 spiro atoms. The maximum absolute atomic E-state index is 12.2. The topological polar surface area (TPSA) is 32.3 Å². The second kappa shape index (κ2) is 9.22. The predicted molar refractivity (Wildman–Crippen MR) is 107 cm³/mol. The highest BCUT2D eigenvalue weighted by molar-refractivity contribution is 6.04. The SMILES string of the molecule is CN1CCCCC1CCc1ccccc1NC(=O)C#Cc1ccccc1. The van der Waals surface area contributed by atoms with E-state index in [-0.39, 0.29) is 5.91 Å². The van der Waals surface area contributed by atoms with Crippen LogP contribution in [0.5, 0.6) is 0 Å². The number of amides is 1. The predicted octanol–water partition coefficient (Wildman–Crippen LogP) is 4.09. The summed E-state index contributed by atoms with van der Waals surface area (Å²) in [6.07, 6.45) is 5.99. The molecule has 1 atom stereocenters. The highest BCUT2D eigenvalue weighted by Gasteiger charge is 2.18. The molecule has 2 aromatic rings. The summed E-state index contributed by atoms with van der Waals surface area (Å²) in [4.78, 5) is 14.7. The number of nitrogens with one attached hydrogen (secondary N) is 1. The number of piperidine rings is 1. The Morgan fingerprint density at radius 1 is 1.12 bits per heavy atom. The molecule has 1 amide bonds. The number of para-hydroxylation sites is 1. The lowest BCUT2D eigenvalue weighted by Gasteiger charge is -2.32. The van der Waals surface area contributed by atoms with Crippen molar-refractivity contribution < 1.29 is 4.79 Å². The molecule has 26 heavy (non-hydrogen) atoms. The van der Waals surface area contributed by atoms with Crippen molar-refractivity contribution in [3.63, 3.8) is 0 Å². The van der Waals surface area contributed by atoms with Gasteiger partial charge >= 0.3 is 5.91 Å². The number of nitrogens with zero attached hydrogens (tertiary/aromatic N) is 1. The number of hydrogen-bond acceptors (Lipinski definition) is 2. The summed E-state index contributed by atoms with van der Waals surface area (Å²) in [7, 11) is 2.22. The fourth-order valence-corrected chi connectivity index (χ4v) is 3.50. The Balaban J connectivity index is 1.61. The van der Waals surface area contributed by atoms with Crippen LogP contribution in [-0.4, -0.2) is 30.4 Å². The quantitative estimate of drug-likeness (QED) is 0.846. The van der Waals surface area contributed by atoms with E-state index in [1.165, 1.54) is 31.4 Å². The Bertz CT molecular complexity index is 789. The van der Waals surface area contributed by atoms with Gasteiger partial charge in [-0.25, -0.2) is 0 Å². The molecule has 0 aliphatic carbocycles. The van der Waals surface area contributed by atoms with E-state index < -0.39 is 0 Å². The maximum Gasteiger partial charge on any atom is 0.300 e. The highest BCUT2D eigenvalue weighted by atomic mass is 16.1. The number of rotatable bonds is 4. The van der Waals surface area contributed by atoms with Gasteiger partial charge < -0.3 is 10.2 Å². The van der Waals surface area contributed by atoms with Crippen molar-refractivity contribution in [2.45, 2.75) is 38.1 Å². The molecule has 0 bridgehead atoms. The molecule has 1 fully saturated rings. The maximum atomic E-state index is 12.2. The Labute approximate surface area is 156 Å². The molecule has 3 nitrogen and oxygen atoms in total. The first-order chi connectivity index (χ1) is 12.7. The Hall–Kier alpha value is -2.57. The summed E-state index contributed by atoms with van der Waals surface area (Å²) < 4.78 is 0. The average Bonchev–Trinajstić information content (AvgIpc) is 2.68. The minimum Gasteiger partial charge on any atom is -0.315 e. The number of benzene rings is 2. The standard InChI is InChI=1S/C23H26N2O/c1-25-18-8-7-12-21(25)16-15-20-11-5-6-13-22(20)24-23(26)17-14-19-9-3-2-4-10-19/h2-6,9-11,13,21H,7-8,12,15-16,18H2,1H3,(H,24,26). The van der Waals surface area contributed by atoms with Crippen molar-refractivity contribution >= 4 is 11.6 Å². The van der Waals surface area contributed by atoms with E-state index in [4.69, 9.17) is 0 Å². The molecule has 1 N–H and O–H groups in total. The van der Waals surface area contributed by atoms with Crippen molar-refractivity contribution in [2.75, 3.05) is 18.9 Å². The second-order valence-corrected chi connectivity index (χ2v) is 6.90. The molecule has 0 saturated carbocycles. The molecule has 1 saturated heterocycles. The molecular formula is C23H26N2O. The Morgan fingerprint density at radius 2 is 1.88 bits per heavy atom. The molecule has 134 valence electrons. The van der Waals surface area contributed by atoms with Gasteiger partial charge in [0.05, 0.1) is 0 Å².